The first-order chi connectivity index (χ1) is 16.1. The summed E-state index contributed by atoms with van der Waals surface area (Å²) in [6, 6.07) is 10.2. The normalized spacial score (nSPS) is 15.8. The van der Waals surface area contributed by atoms with Crippen LogP contribution in [0, 0.1) is 0 Å². The number of nitrogens with zero attached hydrogens (tertiary/aromatic N) is 5. The number of carbonyl (C=O) groups excluding carboxylic acids is 1. The van der Waals surface area contributed by atoms with Crippen molar-refractivity contribution < 1.29 is 17.9 Å². The predicted molar refractivity (Wildman–Crippen MR) is 128 cm³/mol. The van der Waals surface area contributed by atoms with Gasteiger partial charge in [0.2, 0.25) is 0 Å². The number of carbonyl (C=O) groups is 1. The molecule has 10 heteroatoms. The lowest BCUT2D eigenvalue weighted by atomic mass is 10.0. The standard InChI is InChI=1S/C24H27N5O4S/c1-24(2,3)33-23(30)27-12-9-17(10-13-27)28-16-26-20-15-25-22-19(21(20)28)11-14-29(22)34(31,32)18-7-5-4-6-8-18/h4-8,11,14-17H,9-10,12-13H2,1-3H3. The molecule has 1 fully saturated rings. The average molecular weight is 482 g/mol. The fourth-order valence-electron chi connectivity index (χ4n) is 4.42. The zero-order valence-electron chi connectivity index (χ0n) is 19.4. The first-order valence-corrected chi connectivity index (χ1v) is 12.7. The van der Waals surface area contributed by atoms with Crippen LogP contribution in [0.2, 0.25) is 0 Å². The average Bonchev–Trinajstić information content (AvgIpc) is 3.43. The summed E-state index contributed by atoms with van der Waals surface area (Å²) < 4.78 is 35.3. The van der Waals surface area contributed by atoms with E-state index in [1.165, 1.54) is 3.97 Å². The zero-order chi connectivity index (χ0) is 24.1. The topological polar surface area (TPSA) is 99.3 Å². The minimum absolute atomic E-state index is 0.128. The number of benzene rings is 1. The molecule has 178 valence electrons. The molecule has 0 radical (unpaired) electrons. The lowest BCUT2D eigenvalue weighted by Gasteiger charge is -2.34. The van der Waals surface area contributed by atoms with E-state index >= 15 is 0 Å². The van der Waals surface area contributed by atoms with Crippen molar-refractivity contribution in [3.8, 4) is 0 Å². The van der Waals surface area contributed by atoms with Gasteiger partial charge in [0.05, 0.1) is 22.9 Å². The van der Waals surface area contributed by atoms with E-state index in [9.17, 15) is 13.2 Å². The number of rotatable bonds is 3. The molecule has 0 unspecified atom stereocenters. The maximum atomic E-state index is 13.2. The Hall–Kier alpha value is -3.40. The summed E-state index contributed by atoms with van der Waals surface area (Å²) >= 11 is 0. The number of amides is 1. The van der Waals surface area contributed by atoms with Crippen molar-refractivity contribution in [3.05, 3.63) is 55.1 Å². The fourth-order valence-corrected chi connectivity index (χ4v) is 5.74. The van der Waals surface area contributed by atoms with Crippen molar-refractivity contribution in [2.45, 2.75) is 50.2 Å². The van der Waals surface area contributed by atoms with Gasteiger partial charge in [0.1, 0.15) is 11.1 Å². The molecular weight excluding hydrogens is 454 g/mol. The molecule has 0 saturated carbocycles. The lowest BCUT2D eigenvalue weighted by molar-refractivity contribution is 0.0189. The second-order valence-corrected chi connectivity index (χ2v) is 11.3. The van der Waals surface area contributed by atoms with Gasteiger partial charge in [-0.1, -0.05) is 18.2 Å². The fraction of sp³-hybridized carbons (Fsp3) is 0.375. The van der Waals surface area contributed by atoms with Crippen LogP contribution in [-0.2, 0) is 14.8 Å². The van der Waals surface area contributed by atoms with E-state index in [0.717, 1.165) is 23.7 Å². The van der Waals surface area contributed by atoms with E-state index in [2.05, 4.69) is 14.5 Å². The second-order valence-electron chi connectivity index (χ2n) is 9.51. The third-order valence-electron chi connectivity index (χ3n) is 6.02. The molecule has 0 bridgehead atoms. The van der Waals surface area contributed by atoms with Crippen LogP contribution in [0.3, 0.4) is 0 Å². The number of piperidine rings is 1. The van der Waals surface area contributed by atoms with Gasteiger partial charge in [0.15, 0.2) is 5.65 Å². The van der Waals surface area contributed by atoms with Gasteiger partial charge in [-0.15, -0.1) is 0 Å². The molecule has 5 rings (SSSR count). The number of fused-ring (bicyclic) bond motifs is 3. The van der Waals surface area contributed by atoms with Crippen molar-refractivity contribution in [2.24, 2.45) is 0 Å². The van der Waals surface area contributed by atoms with Crippen LogP contribution in [-0.4, -0.2) is 56.6 Å². The van der Waals surface area contributed by atoms with Crippen molar-refractivity contribution >= 4 is 38.2 Å². The first kappa shape index (κ1) is 22.4. The number of pyridine rings is 1. The highest BCUT2D eigenvalue weighted by atomic mass is 32.2. The highest BCUT2D eigenvalue weighted by molar-refractivity contribution is 7.90. The van der Waals surface area contributed by atoms with Crippen LogP contribution in [0.1, 0.15) is 39.7 Å². The molecule has 0 atom stereocenters. The van der Waals surface area contributed by atoms with Crippen LogP contribution in [0.4, 0.5) is 4.79 Å². The third-order valence-corrected chi connectivity index (χ3v) is 7.70. The Balaban J connectivity index is 1.47. The molecular formula is C24H27N5O4S. The number of ether oxygens (including phenoxy) is 1. The van der Waals surface area contributed by atoms with Gasteiger partial charge >= 0.3 is 6.09 Å². The van der Waals surface area contributed by atoms with E-state index in [1.807, 2.05) is 20.8 Å². The minimum atomic E-state index is -3.78. The smallest absolute Gasteiger partial charge is 0.410 e. The minimum Gasteiger partial charge on any atom is -0.444 e. The van der Waals surface area contributed by atoms with Gasteiger partial charge in [-0.05, 0) is 51.8 Å². The van der Waals surface area contributed by atoms with E-state index < -0.39 is 15.6 Å². The Morgan fingerprint density at radius 3 is 2.44 bits per heavy atom. The number of hydrogen-bond acceptors (Lipinski definition) is 6. The van der Waals surface area contributed by atoms with E-state index in [4.69, 9.17) is 4.74 Å². The Morgan fingerprint density at radius 1 is 1.06 bits per heavy atom. The van der Waals surface area contributed by atoms with Gasteiger partial charge in [-0.25, -0.2) is 27.2 Å². The zero-order valence-corrected chi connectivity index (χ0v) is 20.2. The molecule has 3 aromatic heterocycles. The van der Waals surface area contributed by atoms with Gasteiger partial charge in [0, 0.05) is 30.7 Å². The van der Waals surface area contributed by atoms with Gasteiger partial charge in [-0.2, -0.15) is 0 Å². The number of imidazole rings is 1. The molecule has 0 aliphatic carbocycles. The summed E-state index contributed by atoms with van der Waals surface area (Å²) in [7, 11) is -3.78. The van der Waals surface area contributed by atoms with E-state index in [-0.39, 0.29) is 17.0 Å². The molecule has 1 aromatic carbocycles. The first-order valence-electron chi connectivity index (χ1n) is 11.3. The molecule has 0 N–H and O–H groups in total. The van der Waals surface area contributed by atoms with E-state index in [0.29, 0.717) is 24.3 Å². The van der Waals surface area contributed by atoms with Gasteiger partial charge < -0.3 is 14.2 Å². The predicted octanol–water partition coefficient (Wildman–Crippen LogP) is 4.20. The molecule has 4 aromatic rings. The second kappa shape index (κ2) is 8.12. The third kappa shape index (κ3) is 3.91. The summed E-state index contributed by atoms with van der Waals surface area (Å²) in [6.07, 6.45) is 6.14. The number of aromatic nitrogens is 4. The Bertz CT molecular complexity index is 1460. The Morgan fingerprint density at radius 2 is 1.76 bits per heavy atom. The highest BCUT2D eigenvalue weighted by Gasteiger charge is 2.29. The summed E-state index contributed by atoms with van der Waals surface area (Å²) in [6.45, 7) is 6.74. The maximum absolute atomic E-state index is 13.2. The SMILES string of the molecule is CC(C)(C)OC(=O)N1CCC(n2cnc3cnc4c(ccn4S(=O)(=O)c4ccccc4)c32)CC1. The van der Waals surface area contributed by atoms with E-state index in [1.54, 1.807) is 60.0 Å². The quantitative estimate of drug-likeness (QED) is 0.435. The van der Waals surface area contributed by atoms with Crippen LogP contribution in [0.5, 0.6) is 0 Å². The Labute approximate surface area is 198 Å². The van der Waals surface area contributed by atoms with Crippen LogP contribution in [0.15, 0.2) is 60.0 Å². The molecule has 1 aliphatic rings. The summed E-state index contributed by atoms with van der Waals surface area (Å²) in [5, 5.41) is 0.726. The lowest BCUT2D eigenvalue weighted by Crippen LogP contribution is -2.42. The van der Waals surface area contributed by atoms with Crippen LogP contribution >= 0.6 is 0 Å². The summed E-state index contributed by atoms with van der Waals surface area (Å²) in [4.78, 5) is 23.3. The summed E-state index contributed by atoms with van der Waals surface area (Å²) in [5.41, 5.74) is 1.39. The molecule has 4 heterocycles. The van der Waals surface area contributed by atoms with Gasteiger partial charge in [0.25, 0.3) is 10.0 Å². The largest absolute Gasteiger partial charge is 0.444 e. The molecule has 34 heavy (non-hydrogen) atoms. The van der Waals surface area contributed by atoms with Crippen molar-refractivity contribution in [3.63, 3.8) is 0 Å². The maximum Gasteiger partial charge on any atom is 0.410 e. The molecule has 0 spiro atoms. The van der Waals surface area contributed by atoms with Crippen LogP contribution < -0.4 is 0 Å². The molecule has 1 amide bonds. The number of hydrogen-bond donors (Lipinski definition) is 0. The van der Waals surface area contributed by atoms with Crippen LogP contribution in [0.25, 0.3) is 22.1 Å². The highest BCUT2D eigenvalue weighted by Crippen LogP contribution is 2.32. The monoisotopic (exact) mass is 481 g/mol. The number of likely N-dealkylation sites (tertiary alicyclic amines) is 1. The summed E-state index contributed by atoms with van der Waals surface area (Å²) in [5.74, 6) is 0. The van der Waals surface area contributed by atoms with Crippen molar-refractivity contribution in [1.29, 1.82) is 0 Å². The Kier molecular flexibility index (Phi) is 5.35. The van der Waals surface area contributed by atoms with Gasteiger partial charge in [-0.3, -0.25) is 0 Å². The molecule has 9 nitrogen and oxygen atoms in total. The van der Waals surface area contributed by atoms with Crippen molar-refractivity contribution in [2.75, 3.05) is 13.1 Å². The van der Waals surface area contributed by atoms with Crippen molar-refractivity contribution in [1.82, 2.24) is 23.4 Å². The molecule has 1 saturated heterocycles. The molecule has 1 aliphatic heterocycles.